The minimum atomic E-state index is -0.218. The highest BCUT2D eigenvalue weighted by Gasteiger charge is 2.21. The van der Waals surface area contributed by atoms with Crippen LogP contribution in [0.1, 0.15) is 34.2 Å². The normalized spacial score (nSPS) is 14.2. The molecule has 1 aliphatic rings. The largest absolute Gasteiger partial charge is 0.347 e. The molecule has 27 heavy (non-hydrogen) atoms. The first-order valence-corrected chi connectivity index (χ1v) is 9.12. The number of aryl methyl sites for hydroxylation is 2. The molecular weight excluding hydrogens is 342 g/mol. The van der Waals surface area contributed by atoms with E-state index in [1.165, 1.54) is 5.56 Å². The fourth-order valence-electron chi connectivity index (χ4n) is 3.01. The molecule has 2 aromatic rings. The van der Waals surface area contributed by atoms with Crippen molar-refractivity contribution in [3.63, 3.8) is 0 Å². The van der Waals surface area contributed by atoms with Gasteiger partial charge in [-0.1, -0.05) is 29.8 Å². The number of piperazine rings is 1. The Morgan fingerprint density at radius 3 is 2.33 bits per heavy atom. The van der Waals surface area contributed by atoms with Crippen molar-refractivity contribution in [3.05, 3.63) is 52.8 Å². The Morgan fingerprint density at radius 1 is 1.04 bits per heavy atom. The second-order valence-corrected chi connectivity index (χ2v) is 6.86. The third-order valence-electron chi connectivity index (χ3n) is 4.66. The van der Waals surface area contributed by atoms with Gasteiger partial charge in [0.05, 0.1) is 0 Å². The molecule has 0 aliphatic carbocycles. The lowest BCUT2D eigenvalue weighted by Gasteiger charge is -2.34. The number of benzene rings is 1. The van der Waals surface area contributed by atoms with E-state index in [-0.39, 0.29) is 11.8 Å². The maximum absolute atomic E-state index is 12.5. The molecule has 7 heteroatoms. The molecule has 0 radical (unpaired) electrons. The maximum Gasteiger partial charge on any atom is 0.270 e. The summed E-state index contributed by atoms with van der Waals surface area (Å²) in [6.45, 7) is 8.52. The van der Waals surface area contributed by atoms with E-state index in [1.54, 1.807) is 13.0 Å². The molecule has 0 atom stereocenters. The molecule has 142 valence electrons. The zero-order valence-corrected chi connectivity index (χ0v) is 16.0. The number of anilines is 1. The summed E-state index contributed by atoms with van der Waals surface area (Å²) in [4.78, 5) is 36.8. The van der Waals surface area contributed by atoms with Gasteiger partial charge >= 0.3 is 0 Å². The van der Waals surface area contributed by atoms with E-state index >= 15 is 0 Å². The van der Waals surface area contributed by atoms with Crippen molar-refractivity contribution in [1.82, 2.24) is 20.2 Å². The van der Waals surface area contributed by atoms with Crippen molar-refractivity contribution < 1.29 is 9.59 Å². The topological polar surface area (TPSA) is 78.4 Å². The highest BCUT2D eigenvalue weighted by molar-refractivity contribution is 5.92. The van der Waals surface area contributed by atoms with Gasteiger partial charge in [0.25, 0.3) is 5.91 Å². The number of rotatable bonds is 4. The molecule has 2 amide bonds. The predicted molar refractivity (Wildman–Crippen MR) is 104 cm³/mol. The van der Waals surface area contributed by atoms with Gasteiger partial charge in [-0.15, -0.1) is 0 Å². The maximum atomic E-state index is 12.5. The van der Waals surface area contributed by atoms with Gasteiger partial charge < -0.3 is 15.1 Å². The van der Waals surface area contributed by atoms with Gasteiger partial charge in [-0.05, 0) is 25.5 Å². The standard InChI is InChI=1S/C20H25N5O2/c1-14-4-6-17(7-5-14)13-21-19(27)18-12-15(2)22-20(23-18)25-10-8-24(9-11-25)16(3)26/h4-7,12H,8-11,13H2,1-3H3,(H,21,27). The zero-order valence-electron chi connectivity index (χ0n) is 16.0. The number of hydrogen-bond acceptors (Lipinski definition) is 5. The van der Waals surface area contributed by atoms with Crippen molar-refractivity contribution >= 4 is 17.8 Å². The van der Waals surface area contributed by atoms with Crippen molar-refractivity contribution in [2.75, 3.05) is 31.1 Å². The lowest BCUT2D eigenvalue weighted by molar-refractivity contribution is -0.129. The number of hydrogen-bond donors (Lipinski definition) is 1. The summed E-state index contributed by atoms with van der Waals surface area (Å²) < 4.78 is 0. The van der Waals surface area contributed by atoms with Crippen LogP contribution in [0.3, 0.4) is 0 Å². The van der Waals surface area contributed by atoms with Crippen LogP contribution in [0.2, 0.25) is 0 Å². The number of nitrogens with one attached hydrogen (secondary N) is 1. The fraction of sp³-hybridized carbons (Fsp3) is 0.400. The summed E-state index contributed by atoms with van der Waals surface area (Å²) in [5, 5.41) is 2.91. The Hall–Kier alpha value is -2.96. The van der Waals surface area contributed by atoms with Crippen LogP contribution in [0.5, 0.6) is 0 Å². The quantitative estimate of drug-likeness (QED) is 0.890. The lowest BCUT2D eigenvalue weighted by atomic mass is 10.1. The molecule has 0 spiro atoms. The van der Waals surface area contributed by atoms with Gasteiger partial charge in [0.2, 0.25) is 11.9 Å². The Balaban J connectivity index is 1.66. The number of aromatic nitrogens is 2. The van der Waals surface area contributed by atoms with Crippen LogP contribution in [0.15, 0.2) is 30.3 Å². The summed E-state index contributed by atoms with van der Waals surface area (Å²) in [6, 6.07) is 9.74. The van der Waals surface area contributed by atoms with Crippen molar-refractivity contribution in [2.45, 2.75) is 27.3 Å². The molecule has 1 fully saturated rings. The van der Waals surface area contributed by atoms with Crippen LogP contribution in [0, 0.1) is 13.8 Å². The Labute approximate surface area is 159 Å². The third kappa shape index (κ3) is 4.81. The van der Waals surface area contributed by atoms with Gasteiger partial charge in [-0.2, -0.15) is 0 Å². The van der Waals surface area contributed by atoms with Gasteiger partial charge in [0.1, 0.15) is 5.69 Å². The summed E-state index contributed by atoms with van der Waals surface area (Å²) in [6.07, 6.45) is 0. The second kappa shape index (κ2) is 8.16. The van der Waals surface area contributed by atoms with Gasteiger partial charge in [-0.25, -0.2) is 9.97 Å². The first kappa shape index (κ1) is 18.8. The van der Waals surface area contributed by atoms with Gasteiger partial charge in [-0.3, -0.25) is 9.59 Å². The Bertz CT molecular complexity index is 827. The lowest BCUT2D eigenvalue weighted by Crippen LogP contribution is -2.48. The fourth-order valence-corrected chi connectivity index (χ4v) is 3.01. The van der Waals surface area contributed by atoms with E-state index in [0.29, 0.717) is 44.4 Å². The first-order chi connectivity index (χ1) is 12.9. The number of nitrogens with zero attached hydrogens (tertiary/aromatic N) is 4. The van der Waals surface area contributed by atoms with Crippen LogP contribution in [0.25, 0.3) is 0 Å². The molecule has 7 nitrogen and oxygen atoms in total. The molecule has 0 bridgehead atoms. The summed E-state index contributed by atoms with van der Waals surface area (Å²) in [5.74, 6) is 0.402. The van der Waals surface area contributed by atoms with E-state index in [9.17, 15) is 9.59 Å². The van der Waals surface area contributed by atoms with Crippen molar-refractivity contribution in [2.24, 2.45) is 0 Å². The summed E-state index contributed by atoms with van der Waals surface area (Å²) in [7, 11) is 0. The van der Waals surface area contributed by atoms with E-state index in [4.69, 9.17) is 0 Å². The molecule has 1 N–H and O–H groups in total. The average Bonchev–Trinajstić information content (AvgIpc) is 2.67. The molecule has 1 aliphatic heterocycles. The van der Waals surface area contributed by atoms with E-state index in [2.05, 4.69) is 15.3 Å². The van der Waals surface area contributed by atoms with Gasteiger partial charge in [0, 0.05) is 45.3 Å². The minimum Gasteiger partial charge on any atom is -0.347 e. The molecule has 0 unspecified atom stereocenters. The first-order valence-electron chi connectivity index (χ1n) is 9.12. The molecule has 0 saturated carbocycles. The Kier molecular flexibility index (Phi) is 5.69. The van der Waals surface area contributed by atoms with E-state index < -0.39 is 0 Å². The van der Waals surface area contributed by atoms with E-state index in [1.807, 2.05) is 47.9 Å². The van der Waals surface area contributed by atoms with Crippen molar-refractivity contribution in [1.29, 1.82) is 0 Å². The monoisotopic (exact) mass is 367 g/mol. The molecular formula is C20H25N5O2. The second-order valence-electron chi connectivity index (χ2n) is 6.86. The summed E-state index contributed by atoms with van der Waals surface area (Å²) >= 11 is 0. The number of carbonyl (C=O) groups excluding carboxylic acids is 2. The predicted octanol–water partition coefficient (Wildman–Crippen LogP) is 1.69. The van der Waals surface area contributed by atoms with Crippen molar-refractivity contribution in [3.8, 4) is 0 Å². The molecule has 3 rings (SSSR count). The van der Waals surface area contributed by atoms with Crippen LogP contribution in [-0.4, -0.2) is 52.9 Å². The van der Waals surface area contributed by atoms with Crippen LogP contribution >= 0.6 is 0 Å². The van der Waals surface area contributed by atoms with E-state index in [0.717, 1.165) is 11.3 Å². The molecule has 1 aromatic heterocycles. The van der Waals surface area contributed by atoms with Crippen LogP contribution in [-0.2, 0) is 11.3 Å². The molecule has 1 aromatic carbocycles. The Morgan fingerprint density at radius 2 is 1.70 bits per heavy atom. The highest BCUT2D eigenvalue weighted by atomic mass is 16.2. The molecule has 2 heterocycles. The molecule has 1 saturated heterocycles. The SMILES string of the molecule is CC(=O)N1CCN(c2nc(C)cc(C(=O)NCc3ccc(C)cc3)n2)CC1. The minimum absolute atomic E-state index is 0.0796. The van der Waals surface area contributed by atoms with Gasteiger partial charge in [0.15, 0.2) is 0 Å². The average molecular weight is 367 g/mol. The highest BCUT2D eigenvalue weighted by Crippen LogP contribution is 2.14. The zero-order chi connectivity index (χ0) is 19.4. The van der Waals surface area contributed by atoms with Crippen LogP contribution < -0.4 is 10.2 Å². The van der Waals surface area contributed by atoms with Crippen LogP contribution in [0.4, 0.5) is 5.95 Å². The number of amides is 2. The summed E-state index contributed by atoms with van der Waals surface area (Å²) in [5.41, 5.74) is 3.33. The third-order valence-corrected chi connectivity index (χ3v) is 4.66. The smallest absolute Gasteiger partial charge is 0.270 e. The number of carbonyl (C=O) groups is 2.